The van der Waals surface area contributed by atoms with Crippen LogP contribution in [0.15, 0.2) is 0 Å². The fourth-order valence-electron chi connectivity index (χ4n) is 12.0. The molecule has 1 spiro atoms. The van der Waals surface area contributed by atoms with Crippen molar-refractivity contribution < 1.29 is 14.9 Å². The van der Waals surface area contributed by atoms with Crippen molar-refractivity contribution in [2.24, 2.45) is 50.2 Å². The molecule has 5 saturated carbocycles. The fraction of sp³-hybridized carbons (Fsp3) is 1.00. The van der Waals surface area contributed by atoms with Crippen molar-refractivity contribution in [1.29, 1.82) is 0 Å². The van der Waals surface area contributed by atoms with E-state index in [9.17, 15) is 10.2 Å². The molecule has 188 valence electrons. The molecular weight excluding hydrogens is 408 g/mol. The van der Waals surface area contributed by atoms with E-state index >= 15 is 0 Å². The molecule has 6 rings (SSSR count). The van der Waals surface area contributed by atoms with Crippen LogP contribution in [0.4, 0.5) is 0 Å². The highest BCUT2D eigenvalue weighted by molar-refractivity contribution is 5.28. The first kappa shape index (κ1) is 23.3. The van der Waals surface area contributed by atoms with E-state index in [2.05, 4.69) is 48.5 Å². The van der Waals surface area contributed by atoms with Crippen LogP contribution in [-0.4, -0.2) is 34.6 Å². The molecule has 0 unspecified atom stereocenters. The number of hydrogen-bond acceptors (Lipinski definition) is 3. The van der Waals surface area contributed by atoms with Gasteiger partial charge in [-0.25, -0.2) is 0 Å². The maximum atomic E-state index is 11.9. The summed E-state index contributed by atoms with van der Waals surface area (Å²) in [6.07, 6.45) is 11.0. The average molecular weight is 459 g/mol. The summed E-state index contributed by atoms with van der Waals surface area (Å²) in [5.74, 6) is 1.72. The third-order valence-corrected chi connectivity index (χ3v) is 14.2. The second-order valence-corrected chi connectivity index (χ2v) is 15.9. The van der Waals surface area contributed by atoms with Gasteiger partial charge in [0.25, 0.3) is 0 Å². The average Bonchev–Trinajstić information content (AvgIpc) is 2.99. The number of aliphatic hydroxyl groups excluding tert-OH is 2. The van der Waals surface area contributed by atoms with Crippen LogP contribution in [0.2, 0.25) is 0 Å². The van der Waals surface area contributed by atoms with Gasteiger partial charge in [0.05, 0.1) is 24.4 Å². The molecule has 0 aromatic heterocycles. The molecule has 33 heavy (non-hydrogen) atoms. The van der Waals surface area contributed by atoms with Gasteiger partial charge in [0.2, 0.25) is 0 Å². The lowest BCUT2D eigenvalue weighted by atomic mass is 9.30. The summed E-state index contributed by atoms with van der Waals surface area (Å²) >= 11 is 0. The fourth-order valence-corrected chi connectivity index (χ4v) is 12.0. The highest BCUT2D eigenvalue weighted by atomic mass is 16.5. The summed E-state index contributed by atoms with van der Waals surface area (Å²) in [6.45, 7) is 18.1. The van der Waals surface area contributed by atoms with Crippen molar-refractivity contribution in [2.45, 2.75) is 130 Å². The zero-order valence-corrected chi connectivity index (χ0v) is 22.5. The van der Waals surface area contributed by atoms with Crippen molar-refractivity contribution in [2.75, 3.05) is 6.61 Å². The molecule has 0 aromatic carbocycles. The summed E-state index contributed by atoms with van der Waals surface area (Å²) in [5.41, 5.74) is 0.714. The van der Waals surface area contributed by atoms with Crippen molar-refractivity contribution in [3.63, 3.8) is 0 Å². The molecular formula is C30H50O3. The Bertz CT molecular complexity index is 849. The molecule has 0 aromatic rings. The predicted molar refractivity (Wildman–Crippen MR) is 132 cm³/mol. The van der Waals surface area contributed by atoms with E-state index in [4.69, 9.17) is 4.74 Å². The first-order valence-electron chi connectivity index (χ1n) is 14.2. The summed E-state index contributed by atoms with van der Waals surface area (Å²) in [7, 11) is 0. The summed E-state index contributed by atoms with van der Waals surface area (Å²) < 4.78 is 7.11. The third-order valence-electron chi connectivity index (χ3n) is 14.2. The Morgan fingerprint density at radius 2 is 1.36 bits per heavy atom. The van der Waals surface area contributed by atoms with Gasteiger partial charge in [-0.05, 0) is 104 Å². The Morgan fingerprint density at radius 3 is 2.09 bits per heavy atom. The van der Waals surface area contributed by atoms with E-state index in [1.54, 1.807) is 0 Å². The van der Waals surface area contributed by atoms with Crippen LogP contribution in [0.3, 0.4) is 0 Å². The van der Waals surface area contributed by atoms with Gasteiger partial charge >= 0.3 is 0 Å². The van der Waals surface area contributed by atoms with E-state index < -0.39 is 0 Å². The molecule has 2 bridgehead atoms. The largest absolute Gasteiger partial charge is 0.393 e. The van der Waals surface area contributed by atoms with E-state index in [1.165, 1.54) is 38.5 Å². The Balaban J connectivity index is 1.45. The van der Waals surface area contributed by atoms with Crippen LogP contribution in [0.25, 0.3) is 0 Å². The van der Waals surface area contributed by atoms with Gasteiger partial charge in [-0.15, -0.1) is 0 Å². The molecule has 6 fully saturated rings. The quantitative estimate of drug-likeness (QED) is 0.444. The zero-order valence-electron chi connectivity index (χ0n) is 22.5. The lowest BCUT2D eigenvalue weighted by Crippen LogP contribution is -2.73. The van der Waals surface area contributed by atoms with Gasteiger partial charge in [0, 0.05) is 10.8 Å². The van der Waals surface area contributed by atoms with E-state index in [0.717, 1.165) is 32.3 Å². The highest BCUT2D eigenvalue weighted by Gasteiger charge is 2.79. The molecule has 5 aliphatic carbocycles. The molecule has 1 saturated heterocycles. The topological polar surface area (TPSA) is 49.7 Å². The van der Waals surface area contributed by atoms with Gasteiger partial charge in [-0.3, -0.25) is 0 Å². The number of fused-ring (bicyclic) bond motifs is 4. The monoisotopic (exact) mass is 458 g/mol. The molecule has 1 heterocycles. The van der Waals surface area contributed by atoms with Gasteiger partial charge in [0.1, 0.15) is 0 Å². The van der Waals surface area contributed by atoms with Crippen molar-refractivity contribution in [3.8, 4) is 0 Å². The van der Waals surface area contributed by atoms with E-state index in [0.29, 0.717) is 23.2 Å². The third kappa shape index (κ3) is 2.45. The highest BCUT2D eigenvalue weighted by Crippen LogP contribution is 2.80. The SMILES string of the molecule is CC1(C)CC[C@]23CO[C@@]4(CC[C@@H]5[C@@]6(C)CC[C@H](O)C(C)(C)[C@@H]6CC[C@@]5(C)[C@]4(C)C[C@H]2O)[C@H]3C1. The second kappa shape index (κ2) is 6.41. The molecule has 1 aliphatic heterocycles. The summed E-state index contributed by atoms with van der Waals surface area (Å²) in [6, 6.07) is 0. The van der Waals surface area contributed by atoms with Crippen LogP contribution in [0.5, 0.6) is 0 Å². The molecule has 10 atom stereocenters. The molecule has 3 heteroatoms. The van der Waals surface area contributed by atoms with Crippen LogP contribution in [0, 0.1) is 50.2 Å². The van der Waals surface area contributed by atoms with E-state index in [1.807, 2.05) is 0 Å². The Hall–Kier alpha value is -0.120. The number of aliphatic hydroxyl groups is 2. The van der Waals surface area contributed by atoms with Crippen molar-refractivity contribution in [3.05, 3.63) is 0 Å². The lowest BCUT2D eigenvalue weighted by Gasteiger charge is -2.75. The smallest absolute Gasteiger partial charge is 0.0777 e. The minimum absolute atomic E-state index is 0.00370. The van der Waals surface area contributed by atoms with Crippen molar-refractivity contribution in [1.82, 2.24) is 0 Å². The van der Waals surface area contributed by atoms with Crippen LogP contribution in [0.1, 0.15) is 113 Å². The Kier molecular flexibility index (Phi) is 4.52. The minimum atomic E-state index is -0.232. The Morgan fingerprint density at radius 1 is 0.667 bits per heavy atom. The molecule has 0 radical (unpaired) electrons. The number of ether oxygens (including phenoxy) is 1. The van der Waals surface area contributed by atoms with Gasteiger partial charge < -0.3 is 14.9 Å². The Labute approximate surface area is 202 Å². The van der Waals surface area contributed by atoms with Crippen LogP contribution in [-0.2, 0) is 4.74 Å². The van der Waals surface area contributed by atoms with Gasteiger partial charge in [-0.1, -0.05) is 48.5 Å². The minimum Gasteiger partial charge on any atom is -0.393 e. The number of hydrogen-bond donors (Lipinski definition) is 2. The normalized spacial score (nSPS) is 60.8. The maximum absolute atomic E-state index is 11.9. The van der Waals surface area contributed by atoms with Crippen LogP contribution >= 0.6 is 0 Å². The van der Waals surface area contributed by atoms with Gasteiger partial charge in [0.15, 0.2) is 0 Å². The lowest BCUT2D eigenvalue weighted by molar-refractivity contribution is -0.298. The van der Waals surface area contributed by atoms with Crippen LogP contribution < -0.4 is 0 Å². The van der Waals surface area contributed by atoms with Gasteiger partial charge in [-0.2, -0.15) is 0 Å². The first-order chi connectivity index (χ1) is 15.2. The predicted octanol–water partition coefficient (Wildman–Crippen LogP) is 6.35. The summed E-state index contributed by atoms with van der Waals surface area (Å²) in [5, 5.41) is 22.8. The van der Waals surface area contributed by atoms with Crippen molar-refractivity contribution >= 4 is 0 Å². The standard InChI is InChI=1S/C30H50O3/c1-24(2)14-15-29-18-33-30(21(29)16-24)13-9-20-26(5)11-10-22(31)25(3,4)19(26)8-12-27(20,6)28(30,7)17-23(29)32/h19-23,31-32H,8-18H2,1-7H3/t19-,20+,21-,22-,23+,26-,27+,28-,29+,30-/m0/s1. The first-order valence-corrected chi connectivity index (χ1v) is 14.2. The number of rotatable bonds is 0. The summed E-state index contributed by atoms with van der Waals surface area (Å²) in [4.78, 5) is 0. The molecule has 2 N–H and O–H groups in total. The van der Waals surface area contributed by atoms with E-state index in [-0.39, 0.29) is 44.9 Å². The zero-order chi connectivity index (χ0) is 23.9. The molecule has 6 aliphatic rings. The molecule has 3 nitrogen and oxygen atoms in total. The second-order valence-electron chi connectivity index (χ2n) is 15.9. The maximum Gasteiger partial charge on any atom is 0.0777 e. The molecule has 0 amide bonds.